The average Bonchev–Trinajstić information content (AvgIpc) is 3.09. The third-order valence-corrected chi connectivity index (χ3v) is 6.51. The van der Waals surface area contributed by atoms with Crippen LogP contribution in [0.25, 0.3) is 0 Å². The Hall–Kier alpha value is -2.81. The van der Waals surface area contributed by atoms with E-state index in [4.69, 9.17) is 9.47 Å². The summed E-state index contributed by atoms with van der Waals surface area (Å²) in [6.07, 6.45) is -2.02. The molecule has 9 heteroatoms. The molecule has 178 valence electrons. The molecular formula is C24H25F4NO4. The summed E-state index contributed by atoms with van der Waals surface area (Å²) in [5.41, 5.74) is -1.06. The van der Waals surface area contributed by atoms with Gasteiger partial charge in [0, 0.05) is 18.3 Å². The van der Waals surface area contributed by atoms with Gasteiger partial charge in [-0.15, -0.1) is 0 Å². The maximum absolute atomic E-state index is 13.3. The largest absolute Gasteiger partial charge is 0.490 e. The molecule has 0 radical (unpaired) electrons. The van der Waals surface area contributed by atoms with E-state index in [9.17, 15) is 27.5 Å². The summed E-state index contributed by atoms with van der Waals surface area (Å²) in [5.74, 6) is -0.0359. The monoisotopic (exact) mass is 467 g/mol. The van der Waals surface area contributed by atoms with Gasteiger partial charge >= 0.3 is 6.18 Å². The molecule has 4 rings (SSSR count). The van der Waals surface area contributed by atoms with Crippen LogP contribution < -0.4 is 14.4 Å². The van der Waals surface area contributed by atoms with Crippen LogP contribution >= 0.6 is 0 Å². The minimum absolute atomic E-state index is 0.0177. The lowest BCUT2D eigenvalue weighted by Crippen LogP contribution is -2.46. The van der Waals surface area contributed by atoms with Crippen molar-refractivity contribution in [1.29, 1.82) is 0 Å². The van der Waals surface area contributed by atoms with Crippen molar-refractivity contribution in [1.82, 2.24) is 0 Å². The fourth-order valence-corrected chi connectivity index (χ4v) is 4.53. The predicted molar refractivity (Wildman–Crippen MR) is 113 cm³/mol. The summed E-state index contributed by atoms with van der Waals surface area (Å²) in [6.45, 7) is -0.854. The number of anilines is 1. The second-order valence-corrected chi connectivity index (χ2v) is 8.86. The SMILES string of the molecule is O=C1N(c2ccc(OCC(F)(F)F)cc2)CCC12CCC(O)(COc1cccc(F)c1)CC2. The van der Waals surface area contributed by atoms with Crippen LogP contribution in [0, 0.1) is 11.2 Å². The van der Waals surface area contributed by atoms with E-state index in [0.29, 0.717) is 50.1 Å². The number of hydrogen-bond donors (Lipinski definition) is 1. The van der Waals surface area contributed by atoms with Crippen molar-refractivity contribution in [2.75, 3.05) is 24.7 Å². The molecule has 1 heterocycles. The summed E-state index contributed by atoms with van der Waals surface area (Å²) in [4.78, 5) is 14.9. The van der Waals surface area contributed by atoms with E-state index in [1.54, 1.807) is 23.1 Å². The minimum atomic E-state index is -4.42. The zero-order valence-corrected chi connectivity index (χ0v) is 17.9. The first-order valence-corrected chi connectivity index (χ1v) is 10.8. The van der Waals surface area contributed by atoms with Crippen LogP contribution in [0.5, 0.6) is 11.5 Å². The second kappa shape index (κ2) is 8.85. The van der Waals surface area contributed by atoms with E-state index in [-0.39, 0.29) is 18.3 Å². The molecule has 0 atom stereocenters. The van der Waals surface area contributed by atoms with Gasteiger partial charge in [0.15, 0.2) is 6.61 Å². The maximum atomic E-state index is 13.3. The van der Waals surface area contributed by atoms with E-state index < -0.39 is 29.6 Å². The van der Waals surface area contributed by atoms with Crippen molar-refractivity contribution >= 4 is 11.6 Å². The molecule has 0 unspecified atom stereocenters. The Morgan fingerprint density at radius 2 is 1.64 bits per heavy atom. The number of aliphatic hydroxyl groups is 1. The van der Waals surface area contributed by atoms with Gasteiger partial charge in [0.25, 0.3) is 0 Å². The first-order chi connectivity index (χ1) is 15.6. The molecule has 1 N–H and O–H groups in total. The van der Waals surface area contributed by atoms with Crippen LogP contribution in [0.2, 0.25) is 0 Å². The lowest BCUT2D eigenvalue weighted by atomic mass is 9.68. The van der Waals surface area contributed by atoms with Crippen molar-refractivity contribution in [2.24, 2.45) is 5.41 Å². The van der Waals surface area contributed by atoms with E-state index in [0.717, 1.165) is 0 Å². The van der Waals surface area contributed by atoms with E-state index in [1.807, 2.05) is 0 Å². The van der Waals surface area contributed by atoms with Crippen molar-refractivity contribution in [3.8, 4) is 11.5 Å². The standard InChI is InChI=1S/C24H25F4NO4/c25-17-2-1-3-20(14-17)32-15-23(31)10-8-22(9-11-23)12-13-29(21(22)30)18-4-6-19(7-5-18)33-16-24(26,27)28/h1-7,14,31H,8-13,15-16H2. The van der Waals surface area contributed by atoms with Crippen LogP contribution in [0.4, 0.5) is 23.2 Å². The number of carbonyl (C=O) groups excluding carboxylic acids is 1. The number of hydrogen-bond acceptors (Lipinski definition) is 4. The average molecular weight is 467 g/mol. The normalized spacial score (nSPS) is 25.5. The molecule has 0 aromatic heterocycles. The smallest absolute Gasteiger partial charge is 0.422 e. The predicted octanol–water partition coefficient (Wildman–Crippen LogP) is 4.87. The molecule has 2 aromatic rings. The molecule has 1 aliphatic heterocycles. The second-order valence-electron chi connectivity index (χ2n) is 8.86. The maximum Gasteiger partial charge on any atom is 0.422 e. The Balaban J connectivity index is 1.34. The number of rotatable bonds is 6. The third-order valence-electron chi connectivity index (χ3n) is 6.51. The highest BCUT2D eigenvalue weighted by molar-refractivity contribution is 6.00. The van der Waals surface area contributed by atoms with Crippen LogP contribution in [0.3, 0.4) is 0 Å². The van der Waals surface area contributed by atoms with Gasteiger partial charge in [-0.1, -0.05) is 6.07 Å². The number of alkyl halides is 3. The highest BCUT2D eigenvalue weighted by atomic mass is 19.4. The van der Waals surface area contributed by atoms with Gasteiger partial charge in [0.1, 0.15) is 23.9 Å². The number of nitrogens with zero attached hydrogens (tertiary/aromatic N) is 1. The van der Waals surface area contributed by atoms with Gasteiger partial charge in [-0.05, 0) is 68.5 Å². The number of ether oxygens (including phenoxy) is 2. The van der Waals surface area contributed by atoms with Gasteiger partial charge in [-0.3, -0.25) is 4.79 Å². The summed E-state index contributed by atoms with van der Waals surface area (Å²) < 4.78 is 60.5. The molecule has 1 amide bonds. The summed E-state index contributed by atoms with van der Waals surface area (Å²) in [6, 6.07) is 11.7. The van der Waals surface area contributed by atoms with E-state index in [1.165, 1.54) is 30.3 Å². The van der Waals surface area contributed by atoms with Gasteiger partial charge in [-0.25, -0.2) is 4.39 Å². The Labute approximate surface area is 188 Å². The molecule has 0 bridgehead atoms. The fraction of sp³-hybridized carbons (Fsp3) is 0.458. The zero-order valence-electron chi connectivity index (χ0n) is 17.9. The molecule has 5 nitrogen and oxygen atoms in total. The summed E-state index contributed by atoms with van der Waals surface area (Å²) in [5, 5.41) is 10.9. The lowest BCUT2D eigenvalue weighted by Gasteiger charge is -2.40. The third kappa shape index (κ3) is 5.40. The van der Waals surface area contributed by atoms with Crippen molar-refractivity contribution < 1.29 is 36.9 Å². The van der Waals surface area contributed by atoms with Crippen LogP contribution in [0.15, 0.2) is 48.5 Å². The fourth-order valence-electron chi connectivity index (χ4n) is 4.53. The molecule has 1 saturated carbocycles. The number of halogens is 4. The number of carbonyl (C=O) groups is 1. The first kappa shape index (κ1) is 23.4. The first-order valence-electron chi connectivity index (χ1n) is 10.8. The Morgan fingerprint density at radius 1 is 0.939 bits per heavy atom. The molecule has 2 aliphatic rings. The molecule has 1 spiro atoms. The zero-order chi connectivity index (χ0) is 23.7. The summed E-state index contributed by atoms with van der Waals surface area (Å²) >= 11 is 0. The van der Waals surface area contributed by atoms with Crippen LogP contribution in [0.1, 0.15) is 32.1 Å². The highest BCUT2D eigenvalue weighted by Gasteiger charge is 2.51. The lowest BCUT2D eigenvalue weighted by molar-refractivity contribution is -0.153. The Morgan fingerprint density at radius 3 is 2.27 bits per heavy atom. The molecule has 2 aromatic carbocycles. The van der Waals surface area contributed by atoms with E-state index in [2.05, 4.69) is 0 Å². The molecular weight excluding hydrogens is 442 g/mol. The van der Waals surface area contributed by atoms with Crippen LogP contribution in [-0.2, 0) is 4.79 Å². The Kier molecular flexibility index (Phi) is 6.26. The van der Waals surface area contributed by atoms with Gasteiger partial charge in [0.05, 0.1) is 11.0 Å². The minimum Gasteiger partial charge on any atom is -0.490 e. The quantitative estimate of drug-likeness (QED) is 0.616. The van der Waals surface area contributed by atoms with Crippen molar-refractivity contribution in [3.63, 3.8) is 0 Å². The Bertz CT molecular complexity index is 985. The van der Waals surface area contributed by atoms with Crippen LogP contribution in [-0.4, -0.2) is 42.5 Å². The number of benzene rings is 2. The number of amides is 1. The van der Waals surface area contributed by atoms with E-state index >= 15 is 0 Å². The van der Waals surface area contributed by atoms with Gasteiger partial charge < -0.3 is 19.5 Å². The van der Waals surface area contributed by atoms with Crippen molar-refractivity contribution in [3.05, 3.63) is 54.3 Å². The molecule has 33 heavy (non-hydrogen) atoms. The highest BCUT2D eigenvalue weighted by Crippen LogP contribution is 2.48. The molecule has 1 aliphatic carbocycles. The summed E-state index contributed by atoms with van der Waals surface area (Å²) in [7, 11) is 0. The molecule has 1 saturated heterocycles. The van der Waals surface area contributed by atoms with Gasteiger partial charge in [-0.2, -0.15) is 13.2 Å². The van der Waals surface area contributed by atoms with Crippen molar-refractivity contribution in [2.45, 2.75) is 43.9 Å². The molecule has 2 fully saturated rings. The van der Waals surface area contributed by atoms with Gasteiger partial charge in [0.2, 0.25) is 5.91 Å². The topological polar surface area (TPSA) is 59.0 Å².